The minimum atomic E-state index is -0.355. The Bertz CT molecular complexity index is 501. The highest BCUT2D eigenvalue weighted by molar-refractivity contribution is 7.98. The Labute approximate surface area is 130 Å². The largest absolute Gasteiger partial charge is 0.468 e. The van der Waals surface area contributed by atoms with Gasteiger partial charge in [0.25, 0.3) is 0 Å². The molecule has 4 heteroatoms. The van der Waals surface area contributed by atoms with Gasteiger partial charge in [-0.2, -0.15) is 11.8 Å². The maximum absolute atomic E-state index is 9.95. The van der Waals surface area contributed by atoms with E-state index in [1.165, 1.54) is 0 Å². The molecule has 0 aliphatic carbocycles. The summed E-state index contributed by atoms with van der Waals surface area (Å²) in [5.41, 5.74) is 0.791. The number of nitrogens with one attached hydrogen (secondary N) is 1. The van der Waals surface area contributed by atoms with Crippen LogP contribution in [0.5, 0.6) is 0 Å². The van der Waals surface area contributed by atoms with E-state index in [0.717, 1.165) is 35.8 Å². The minimum absolute atomic E-state index is 0.103. The molecule has 21 heavy (non-hydrogen) atoms. The van der Waals surface area contributed by atoms with E-state index >= 15 is 0 Å². The molecule has 0 saturated heterocycles. The van der Waals surface area contributed by atoms with E-state index in [0.29, 0.717) is 0 Å². The number of rotatable bonds is 9. The molecule has 2 rings (SSSR count). The average Bonchev–Trinajstić information content (AvgIpc) is 3.05. The van der Waals surface area contributed by atoms with Crippen LogP contribution in [-0.4, -0.2) is 24.0 Å². The van der Waals surface area contributed by atoms with E-state index in [4.69, 9.17) is 4.42 Å². The van der Waals surface area contributed by atoms with Crippen LogP contribution in [0.4, 0.5) is 0 Å². The fourth-order valence-corrected chi connectivity index (χ4v) is 3.47. The first-order valence-corrected chi connectivity index (χ1v) is 8.48. The second-order valence-corrected chi connectivity index (χ2v) is 6.12. The molecule has 0 saturated carbocycles. The summed E-state index contributed by atoms with van der Waals surface area (Å²) in [6, 6.07) is 14.1. The van der Waals surface area contributed by atoms with Crippen molar-refractivity contribution in [1.29, 1.82) is 0 Å². The highest BCUT2D eigenvalue weighted by Crippen LogP contribution is 2.27. The van der Waals surface area contributed by atoms with Crippen molar-refractivity contribution in [3.63, 3.8) is 0 Å². The molecule has 1 aromatic carbocycles. The molecule has 0 aliphatic heterocycles. The van der Waals surface area contributed by atoms with Crippen LogP contribution in [0.1, 0.15) is 24.7 Å². The summed E-state index contributed by atoms with van der Waals surface area (Å²) in [4.78, 5) is 0. The molecular weight excluding hydrogens is 282 g/mol. The van der Waals surface area contributed by atoms with Crippen molar-refractivity contribution in [2.24, 2.45) is 0 Å². The maximum atomic E-state index is 9.95. The third-order valence-corrected chi connectivity index (χ3v) is 4.59. The van der Waals surface area contributed by atoms with Gasteiger partial charge in [-0.1, -0.05) is 37.3 Å². The molecule has 2 aromatic rings. The molecule has 0 aliphatic rings. The van der Waals surface area contributed by atoms with Crippen molar-refractivity contribution in [3.05, 3.63) is 60.1 Å². The Kier molecular flexibility index (Phi) is 6.36. The summed E-state index contributed by atoms with van der Waals surface area (Å²) < 4.78 is 5.34. The molecule has 0 fully saturated rings. The van der Waals surface area contributed by atoms with Crippen molar-refractivity contribution >= 4 is 11.8 Å². The topological polar surface area (TPSA) is 45.4 Å². The average molecular weight is 305 g/mol. The van der Waals surface area contributed by atoms with Gasteiger partial charge in [0.15, 0.2) is 0 Å². The SMILES string of the molecule is CCNC(CO)(CCSCc1ccco1)c1ccccc1. The molecule has 0 radical (unpaired) electrons. The van der Waals surface area contributed by atoms with Crippen LogP contribution in [0.25, 0.3) is 0 Å². The monoisotopic (exact) mass is 305 g/mol. The first kappa shape index (κ1) is 16.1. The number of likely N-dealkylation sites (N-methyl/N-ethyl adjacent to an activating group) is 1. The zero-order valence-electron chi connectivity index (χ0n) is 12.4. The van der Waals surface area contributed by atoms with Gasteiger partial charge in [0.05, 0.1) is 24.2 Å². The summed E-state index contributed by atoms with van der Waals surface area (Å²) in [7, 11) is 0. The van der Waals surface area contributed by atoms with E-state index in [9.17, 15) is 5.11 Å². The molecule has 1 aromatic heterocycles. The zero-order valence-corrected chi connectivity index (χ0v) is 13.2. The van der Waals surface area contributed by atoms with Crippen LogP contribution in [0.2, 0.25) is 0 Å². The van der Waals surface area contributed by atoms with E-state index in [1.54, 1.807) is 6.26 Å². The molecule has 1 atom stereocenters. The van der Waals surface area contributed by atoms with Crippen LogP contribution < -0.4 is 5.32 Å². The normalized spacial score (nSPS) is 14.0. The Morgan fingerprint density at radius 2 is 2.00 bits per heavy atom. The molecule has 114 valence electrons. The lowest BCUT2D eigenvalue weighted by Gasteiger charge is -2.33. The van der Waals surface area contributed by atoms with Crippen molar-refractivity contribution in [3.8, 4) is 0 Å². The summed E-state index contributed by atoms with van der Waals surface area (Å²) >= 11 is 1.83. The van der Waals surface area contributed by atoms with Gasteiger partial charge in [-0.05, 0) is 36.4 Å². The van der Waals surface area contributed by atoms with Gasteiger partial charge in [0.1, 0.15) is 5.76 Å². The minimum Gasteiger partial charge on any atom is -0.468 e. The molecule has 2 N–H and O–H groups in total. The van der Waals surface area contributed by atoms with E-state index in [-0.39, 0.29) is 12.1 Å². The number of hydrogen-bond donors (Lipinski definition) is 2. The molecule has 3 nitrogen and oxygen atoms in total. The lowest BCUT2D eigenvalue weighted by molar-refractivity contribution is 0.158. The van der Waals surface area contributed by atoms with Gasteiger partial charge >= 0.3 is 0 Å². The predicted molar refractivity (Wildman–Crippen MR) is 88.4 cm³/mol. The summed E-state index contributed by atoms with van der Waals surface area (Å²) in [5, 5.41) is 13.4. The van der Waals surface area contributed by atoms with Crippen molar-refractivity contribution in [1.82, 2.24) is 5.32 Å². The van der Waals surface area contributed by atoms with Crippen LogP contribution in [0.3, 0.4) is 0 Å². The fraction of sp³-hybridized carbons (Fsp3) is 0.412. The highest BCUT2D eigenvalue weighted by atomic mass is 32.2. The first-order chi connectivity index (χ1) is 10.3. The second-order valence-electron chi connectivity index (χ2n) is 5.02. The molecular formula is C17H23NO2S. The number of benzene rings is 1. The molecule has 0 spiro atoms. The third kappa shape index (κ3) is 4.37. The Balaban J connectivity index is 1.96. The van der Waals surface area contributed by atoms with Gasteiger partial charge in [-0.25, -0.2) is 0 Å². The van der Waals surface area contributed by atoms with Crippen molar-refractivity contribution in [2.45, 2.75) is 24.6 Å². The Morgan fingerprint density at radius 1 is 1.19 bits per heavy atom. The second kappa shape index (κ2) is 8.27. The molecule has 1 heterocycles. The summed E-state index contributed by atoms with van der Waals surface area (Å²) in [5.74, 6) is 2.83. The fourth-order valence-electron chi connectivity index (χ4n) is 2.47. The number of furan rings is 1. The Morgan fingerprint density at radius 3 is 2.62 bits per heavy atom. The lowest BCUT2D eigenvalue weighted by atomic mass is 9.88. The summed E-state index contributed by atoms with van der Waals surface area (Å²) in [6.45, 7) is 3.01. The van der Waals surface area contributed by atoms with E-state index < -0.39 is 0 Å². The van der Waals surface area contributed by atoms with E-state index in [1.807, 2.05) is 42.1 Å². The molecule has 0 bridgehead atoms. The zero-order chi connectivity index (χ0) is 15.0. The standard InChI is InChI=1S/C17H23NO2S/c1-2-18-17(14-19,15-7-4-3-5-8-15)10-12-21-13-16-9-6-11-20-16/h3-9,11,18-19H,2,10,12-14H2,1H3. The predicted octanol–water partition coefficient (Wildman–Crippen LogP) is 3.40. The van der Waals surface area contributed by atoms with Gasteiger partial charge in [-0.3, -0.25) is 0 Å². The third-order valence-electron chi connectivity index (χ3n) is 3.61. The smallest absolute Gasteiger partial charge is 0.113 e. The summed E-state index contributed by atoms with van der Waals surface area (Å²) in [6.07, 6.45) is 2.59. The number of aliphatic hydroxyl groups excluding tert-OH is 1. The molecule has 1 unspecified atom stereocenters. The maximum Gasteiger partial charge on any atom is 0.113 e. The van der Waals surface area contributed by atoms with Gasteiger partial charge in [0, 0.05) is 0 Å². The molecule has 0 amide bonds. The van der Waals surface area contributed by atoms with Gasteiger partial charge in [-0.15, -0.1) is 0 Å². The highest BCUT2D eigenvalue weighted by Gasteiger charge is 2.29. The van der Waals surface area contributed by atoms with Crippen LogP contribution in [0, 0.1) is 0 Å². The van der Waals surface area contributed by atoms with Crippen molar-refractivity contribution < 1.29 is 9.52 Å². The Hall–Kier alpha value is -1.23. The first-order valence-electron chi connectivity index (χ1n) is 7.32. The lowest BCUT2D eigenvalue weighted by Crippen LogP contribution is -2.46. The van der Waals surface area contributed by atoms with E-state index in [2.05, 4.69) is 24.4 Å². The van der Waals surface area contributed by atoms with Gasteiger partial charge in [0.2, 0.25) is 0 Å². The quantitative estimate of drug-likeness (QED) is 0.697. The van der Waals surface area contributed by atoms with Crippen LogP contribution in [-0.2, 0) is 11.3 Å². The van der Waals surface area contributed by atoms with Crippen LogP contribution >= 0.6 is 11.8 Å². The van der Waals surface area contributed by atoms with Crippen LogP contribution in [0.15, 0.2) is 53.1 Å². The van der Waals surface area contributed by atoms with Gasteiger partial charge < -0.3 is 14.8 Å². The number of aliphatic hydroxyl groups is 1. The number of thioether (sulfide) groups is 1. The number of hydrogen-bond acceptors (Lipinski definition) is 4. The van der Waals surface area contributed by atoms with Crippen molar-refractivity contribution in [2.75, 3.05) is 18.9 Å².